The van der Waals surface area contributed by atoms with E-state index in [4.69, 9.17) is 4.74 Å². The molecule has 5 nitrogen and oxygen atoms in total. The molecule has 0 saturated heterocycles. The summed E-state index contributed by atoms with van der Waals surface area (Å²) in [6, 6.07) is 3.85. The van der Waals surface area contributed by atoms with Crippen LogP contribution in [0.3, 0.4) is 0 Å². The Morgan fingerprint density at radius 1 is 1.04 bits per heavy atom. The number of benzene rings is 1. The van der Waals surface area contributed by atoms with Crippen molar-refractivity contribution < 1.29 is 27.5 Å². The Morgan fingerprint density at radius 3 is 2.25 bits per heavy atom. The molecule has 2 amide bonds. The van der Waals surface area contributed by atoms with Gasteiger partial charge in [0.2, 0.25) is 0 Å². The van der Waals surface area contributed by atoms with Crippen molar-refractivity contribution in [3.63, 3.8) is 0 Å². The van der Waals surface area contributed by atoms with E-state index in [1.54, 1.807) is 0 Å². The first-order valence-corrected chi connectivity index (χ1v) is 7.68. The molecule has 2 N–H and O–H groups in total. The summed E-state index contributed by atoms with van der Waals surface area (Å²) in [6.45, 7) is 3.49. The van der Waals surface area contributed by atoms with Gasteiger partial charge in [-0.3, -0.25) is 9.59 Å². The van der Waals surface area contributed by atoms with Crippen molar-refractivity contribution in [2.75, 3.05) is 25.1 Å². The van der Waals surface area contributed by atoms with E-state index >= 15 is 0 Å². The predicted molar refractivity (Wildman–Crippen MR) is 83.4 cm³/mol. The third kappa shape index (κ3) is 7.45. The van der Waals surface area contributed by atoms with Crippen LogP contribution in [0.1, 0.15) is 31.7 Å². The molecule has 0 heterocycles. The lowest BCUT2D eigenvalue weighted by Crippen LogP contribution is -2.36. The molecule has 0 aliphatic rings. The molecule has 0 bridgehead atoms. The van der Waals surface area contributed by atoms with Crippen LogP contribution >= 0.6 is 0 Å². The highest BCUT2D eigenvalue weighted by Gasteiger charge is 2.30. The first-order valence-electron chi connectivity index (χ1n) is 7.68. The summed E-state index contributed by atoms with van der Waals surface area (Å²) in [7, 11) is 0. The van der Waals surface area contributed by atoms with E-state index < -0.39 is 23.6 Å². The van der Waals surface area contributed by atoms with Crippen LogP contribution in [0.25, 0.3) is 0 Å². The Morgan fingerprint density at radius 2 is 1.67 bits per heavy atom. The minimum atomic E-state index is -4.45. The van der Waals surface area contributed by atoms with Crippen LogP contribution in [0, 0.1) is 0 Å². The number of alkyl halides is 3. The van der Waals surface area contributed by atoms with Gasteiger partial charge in [0, 0.05) is 25.4 Å². The largest absolute Gasteiger partial charge is 0.416 e. The summed E-state index contributed by atoms with van der Waals surface area (Å²) in [5, 5.41) is 4.66. The lowest BCUT2D eigenvalue weighted by atomic mass is 10.2. The first kappa shape index (κ1) is 20.0. The molecule has 0 saturated carbocycles. The van der Waals surface area contributed by atoms with Gasteiger partial charge in [0.25, 0.3) is 0 Å². The number of hydrogen-bond acceptors (Lipinski definition) is 3. The standard InChI is InChI=1S/C16H21F3N2O3/c1-2-3-10-24-11-4-9-20-14(22)15(23)21-13-7-5-12(6-8-13)16(17,18)19/h5-8H,2-4,9-11H2,1H3,(H,20,22)(H,21,23). The van der Waals surface area contributed by atoms with Crippen molar-refractivity contribution in [1.82, 2.24) is 5.32 Å². The SMILES string of the molecule is CCCCOCCCNC(=O)C(=O)Nc1ccc(C(F)(F)F)cc1. The molecule has 1 aromatic rings. The predicted octanol–water partition coefficient (Wildman–Crippen LogP) is 2.97. The van der Waals surface area contributed by atoms with Crippen molar-refractivity contribution >= 4 is 17.5 Å². The number of unbranched alkanes of at least 4 members (excludes halogenated alkanes) is 1. The van der Waals surface area contributed by atoms with Gasteiger partial charge in [-0.15, -0.1) is 0 Å². The molecule has 1 aromatic carbocycles. The maximum Gasteiger partial charge on any atom is 0.416 e. The van der Waals surface area contributed by atoms with E-state index in [1.165, 1.54) is 0 Å². The number of carbonyl (C=O) groups excluding carboxylic acids is 2. The highest BCUT2D eigenvalue weighted by molar-refractivity contribution is 6.39. The fourth-order valence-electron chi connectivity index (χ4n) is 1.74. The minimum Gasteiger partial charge on any atom is -0.381 e. The normalized spacial score (nSPS) is 11.2. The average molecular weight is 346 g/mol. The van der Waals surface area contributed by atoms with Crippen molar-refractivity contribution in [2.24, 2.45) is 0 Å². The number of ether oxygens (including phenoxy) is 1. The van der Waals surface area contributed by atoms with E-state index in [1.807, 2.05) is 0 Å². The molecule has 0 atom stereocenters. The van der Waals surface area contributed by atoms with E-state index in [2.05, 4.69) is 17.6 Å². The van der Waals surface area contributed by atoms with Crippen molar-refractivity contribution in [2.45, 2.75) is 32.4 Å². The summed E-state index contributed by atoms with van der Waals surface area (Å²) < 4.78 is 42.6. The molecule has 0 aliphatic heterocycles. The van der Waals surface area contributed by atoms with Crippen LogP contribution in [0.5, 0.6) is 0 Å². The van der Waals surface area contributed by atoms with Crippen molar-refractivity contribution in [3.05, 3.63) is 29.8 Å². The molecular formula is C16H21F3N2O3. The summed E-state index contributed by atoms with van der Waals surface area (Å²) >= 11 is 0. The Kier molecular flexibility index (Phi) is 8.25. The molecule has 0 unspecified atom stereocenters. The second-order valence-electron chi connectivity index (χ2n) is 5.10. The summed E-state index contributed by atoms with van der Waals surface area (Å²) in [5.41, 5.74) is -0.709. The lowest BCUT2D eigenvalue weighted by Gasteiger charge is -2.09. The monoisotopic (exact) mass is 346 g/mol. The number of anilines is 1. The quantitative estimate of drug-likeness (QED) is 0.562. The van der Waals surface area contributed by atoms with Crippen LogP contribution in [0.4, 0.5) is 18.9 Å². The lowest BCUT2D eigenvalue weighted by molar-refractivity contribution is -0.137. The molecule has 0 radical (unpaired) electrons. The van der Waals surface area contributed by atoms with Gasteiger partial charge in [0.05, 0.1) is 5.56 Å². The zero-order chi connectivity index (χ0) is 18.0. The first-order chi connectivity index (χ1) is 11.3. The number of amides is 2. The number of carbonyl (C=O) groups is 2. The van der Waals surface area contributed by atoms with Crippen molar-refractivity contribution in [3.8, 4) is 0 Å². The maximum absolute atomic E-state index is 12.4. The zero-order valence-corrected chi connectivity index (χ0v) is 13.4. The Hall–Kier alpha value is -2.09. The third-order valence-corrected chi connectivity index (χ3v) is 3.07. The smallest absolute Gasteiger partial charge is 0.381 e. The van der Waals surface area contributed by atoms with E-state index in [0.717, 1.165) is 37.1 Å². The third-order valence-electron chi connectivity index (χ3n) is 3.07. The van der Waals surface area contributed by atoms with Crippen LogP contribution in [0.15, 0.2) is 24.3 Å². The van der Waals surface area contributed by atoms with Crippen LogP contribution < -0.4 is 10.6 Å². The Bertz CT molecular complexity index is 530. The summed E-state index contributed by atoms with van der Waals surface area (Å²) in [6.07, 6.45) is -1.86. The van der Waals surface area contributed by atoms with Crippen molar-refractivity contribution in [1.29, 1.82) is 0 Å². The van der Waals surface area contributed by atoms with E-state index in [0.29, 0.717) is 19.6 Å². The van der Waals surface area contributed by atoms with Gasteiger partial charge in [-0.2, -0.15) is 13.2 Å². The summed E-state index contributed by atoms with van der Waals surface area (Å²) in [4.78, 5) is 23.2. The molecule has 134 valence electrons. The van der Waals surface area contributed by atoms with Gasteiger partial charge in [-0.05, 0) is 37.1 Å². The number of nitrogens with one attached hydrogen (secondary N) is 2. The van der Waals surface area contributed by atoms with Gasteiger partial charge in [-0.25, -0.2) is 0 Å². The molecule has 0 aliphatic carbocycles. The minimum absolute atomic E-state index is 0.117. The summed E-state index contributed by atoms with van der Waals surface area (Å²) in [5.74, 6) is -1.77. The molecule has 0 spiro atoms. The average Bonchev–Trinajstić information content (AvgIpc) is 2.53. The fourth-order valence-corrected chi connectivity index (χ4v) is 1.74. The maximum atomic E-state index is 12.4. The van der Waals surface area contributed by atoms with Gasteiger partial charge < -0.3 is 15.4 Å². The zero-order valence-electron chi connectivity index (χ0n) is 13.4. The number of rotatable bonds is 8. The van der Waals surface area contributed by atoms with Gasteiger partial charge in [0.1, 0.15) is 0 Å². The molecule has 1 rings (SSSR count). The Labute approximate surface area is 138 Å². The van der Waals surface area contributed by atoms with Crippen LogP contribution in [-0.4, -0.2) is 31.6 Å². The highest BCUT2D eigenvalue weighted by atomic mass is 19.4. The second kappa shape index (κ2) is 9.92. The second-order valence-corrected chi connectivity index (χ2v) is 5.10. The molecular weight excluding hydrogens is 325 g/mol. The fraction of sp³-hybridized carbons (Fsp3) is 0.500. The molecule has 0 aromatic heterocycles. The van der Waals surface area contributed by atoms with E-state index in [9.17, 15) is 22.8 Å². The Balaban J connectivity index is 2.30. The van der Waals surface area contributed by atoms with Crippen LogP contribution in [0.2, 0.25) is 0 Å². The molecule has 0 fully saturated rings. The van der Waals surface area contributed by atoms with Gasteiger partial charge in [-0.1, -0.05) is 13.3 Å². The molecule has 24 heavy (non-hydrogen) atoms. The number of hydrogen-bond donors (Lipinski definition) is 2. The van der Waals surface area contributed by atoms with Crippen LogP contribution in [-0.2, 0) is 20.5 Å². The van der Waals surface area contributed by atoms with Gasteiger partial charge >= 0.3 is 18.0 Å². The highest BCUT2D eigenvalue weighted by Crippen LogP contribution is 2.29. The topological polar surface area (TPSA) is 67.4 Å². The number of halogens is 3. The van der Waals surface area contributed by atoms with E-state index in [-0.39, 0.29) is 12.2 Å². The van der Waals surface area contributed by atoms with Gasteiger partial charge in [0.15, 0.2) is 0 Å². The molecule has 8 heteroatoms.